The summed E-state index contributed by atoms with van der Waals surface area (Å²) in [6, 6.07) is 13.5. The second kappa shape index (κ2) is 7.77. The Kier molecular flexibility index (Phi) is 5.72. The minimum atomic E-state index is -3.72. The van der Waals surface area contributed by atoms with E-state index in [4.69, 9.17) is 5.26 Å². The van der Waals surface area contributed by atoms with Crippen LogP contribution >= 0.6 is 0 Å². The van der Waals surface area contributed by atoms with Gasteiger partial charge in [0.1, 0.15) is 12.4 Å². The van der Waals surface area contributed by atoms with Crippen molar-refractivity contribution in [2.75, 3.05) is 22.4 Å². The Balaban J connectivity index is 2.12. The third-order valence-corrected chi connectivity index (χ3v) is 4.46. The second-order valence-corrected chi connectivity index (χ2v) is 7.23. The minimum absolute atomic E-state index is 0.198. The van der Waals surface area contributed by atoms with Gasteiger partial charge in [0.05, 0.1) is 24.4 Å². The highest BCUT2D eigenvalue weighted by molar-refractivity contribution is 7.92. The first-order chi connectivity index (χ1) is 11.8. The van der Waals surface area contributed by atoms with Gasteiger partial charge in [0.15, 0.2) is 0 Å². The highest BCUT2D eigenvalue weighted by atomic mass is 32.2. The van der Waals surface area contributed by atoms with Crippen LogP contribution in [0.25, 0.3) is 0 Å². The first kappa shape index (κ1) is 18.4. The van der Waals surface area contributed by atoms with Crippen LogP contribution in [0.15, 0.2) is 48.5 Å². The standard InChI is InChI=1S/C17H16FN3O3S/c1-25(23,24)21(16-8-4-14(18)5-9-16)12-17(22)20-15-6-2-13(3-7-15)10-11-19/h2-9H,10,12H2,1H3,(H,20,22). The van der Waals surface area contributed by atoms with Crippen LogP contribution < -0.4 is 9.62 Å². The number of sulfonamides is 1. The molecule has 2 rings (SSSR count). The van der Waals surface area contributed by atoms with E-state index in [-0.39, 0.29) is 12.1 Å². The Morgan fingerprint density at radius 1 is 1.16 bits per heavy atom. The van der Waals surface area contributed by atoms with Gasteiger partial charge in [-0.05, 0) is 42.0 Å². The van der Waals surface area contributed by atoms with E-state index < -0.39 is 28.3 Å². The van der Waals surface area contributed by atoms with Crippen molar-refractivity contribution in [3.05, 3.63) is 59.9 Å². The van der Waals surface area contributed by atoms with Gasteiger partial charge >= 0.3 is 0 Å². The molecule has 0 saturated heterocycles. The lowest BCUT2D eigenvalue weighted by Crippen LogP contribution is -2.37. The topological polar surface area (TPSA) is 90.3 Å². The van der Waals surface area contributed by atoms with Crippen LogP contribution in [0.1, 0.15) is 5.56 Å². The molecule has 6 nitrogen and oxygen atoms in total. The van der Waals surface area contributed by atoms with Crippen molar-refractivity contribution in [3.63, 3.8) is 0 Å². The number of nitriles is 1. The summed E-state index contributed by atoms with van der Waals surface area (Å²) in [7, 11) is -3.72. The molecule has 0 saturated carbocycles. The fourth-order valence-corrected chi connectivity index (χ4v) is 2.99. The van der Waals surface area contributed by atoms with Crippen LogP contribution in [0.4, 0.5) is 15.8 Å². The van der Waals surface area contributed by atoms with Crippen LogP contribution in [0.5, 0.6) is 0 Å². The molecule has 0 fully saturated rings. The molecule has 0 spiro atoms. The number of carbonyl (C=O) groups excluding carboxylic acids is 1. The van der Waals surface area contributed by atoms with Gasteiger partial charge in [-0.1, -0.05) is 12.1 Å². The lowest BCUT2D eigenvalue weighted by Gasteiger charge is -2.21. The maximum absolute atomic E-state index is 13.0. The fourth-order valence-electron chi connectivity index (χ4n) is 2.14. The van der Waals surface area contributed by atoms with Crippen LogP contribution in [0, 0.1) is 17.1 Å². The maximum atomic E-state index is 13.0. The van der Waals surface area contributed by atoms with Gasteiger partial charge in [0.2, 0.25) is 15.9 Å². The number of hydrogen-bond acceptors (Lipinski definition) is 4. The lowest BCUT2D eigenvalue weighted by atomic mass is 10.1. The van der Waals surface area contributed by atoms with E-state index in [1.807, 2.05) is 6.07 Å². The number of nitrogens with zero attached hydrogens (tertiary/aromatic N) is 2. The smallest absolute Gasteiger partial charge is 0.245 e. The molecule has 1 amide bonds. The summed E-state index contributed by atoms with van der Waals surface area (Å²) in [5.74, 6) is -1.04. The first-order valence-corrected chi connectivity index (χ1v) is 9.13. The summed E-state index contributed by atoms with van der Waals surface area (Å²) in [5.41, 5.74) is 1.49. The molecule has 0 aliphatic rings. The Morgan fingerprint density at radius 3 is 2.28 bits per heavy atom. The Labute approximate surface area is 145 Å². The predicted molar refractivity (Wildman–Crippen MR) is 93.0 cm³/mol. The van der Waals surface area contributed by atoms with E-state index in [0.717, 1.165) is 28.3 Å². The number of amides is 1. The Hall–Kier alpha value is -2.92. The SMILES string of the molecule is CS(=O)(=O)N(CC(=O)Nc1ccc(CC#N)cc1)c1ccc(F)cc1. The quantitative estimate of drug-likeness (QED) is 0.855. The van der Waals surface area contributed by atoms with Gasteiger partial charge in [-0.2, -0.15) is 5.26 Å². The van der Waals surface area contributed by atoms with Crippen molar-refractivity contribution in [2.24, 2.45) is 0 Å². The van der Waals surface area contributed by atoms with Gasteiger partial charge < -0.3 is 5.32 Å². The summed E-state index contributed by atoms with van der Waals surface area (Å²) in [4.78, 5) is 12.2. The maximum Gasteiger partial charge on any atom is 0.245 e. The summed E-state index contributed by atoms with van der Waals surface area (Å²) in [6.07, 6.45) is 1.24. The molecule has 0 bridgehead atoms. The average molecular weight is 361 g/mol. The molecular formula is C17H16FN3O3S. The number of nitrogens with one attached hydrogen (secondary N) is 1. The zero-order chi connectivity index (χ0) is 18.4. The highest BCUT2D eigenvalue weighted by Gasteiger charge is 2.21. The average Bonchev–Trinajstić information content (AvgIpc) is 2.55. The number of anilines is 2. The predicted octanol–water partition coefficient (Wildman–Crippen LogP) is 2.30. The van der Waals surface area contributed by atoms with Crippen LogP contribution in [-0.2, 0) is 21.2 Å². The van der Waals surface area contributed by atoms with Crippen LogP contribution in [0.2, 0.25) is 0 Å². The molecule has 130 valence electrons. The molecule has 8 heteroatoms. The van der Waals surface area contributed by atoms with Gasteiger partial charge in [-0.3, -0.25) is 9.10 Å². The molecule has 1 N–H and O–H groups in total. The Morgan fingerprint density at radius 2 is 1.76 bits per heavy atom. The minimum Gasteiger partial charge on any atom is -0.325 e. The van der Waals surface area contributed by atoms with Crippen molar-refractivity contribution in [3.8, 4) is 6.07 Å². The normalized spacial score (nSPS) is 10.8. The molecule has 0 heterocycles. The molecule has 0 radical (unpaired) electrons. The van der Waals surface area contributed by atoms with E-state index in [1.54, 1.807) is 24.3 Å². The second-order valence-electron chi connectivity index (χ2n) is 5.33. The molecule has 0 unspecified atom stereocenters. The number of carbonyl (C=O) groups is 1. The zero-order valence-electron chi connectivity index (χ0n) is 13.4. The van der Waals surface area contributed by atoms with Crippen LogP contribution in [-0.4, -0.2) is 27.1 Å². The van der Waals surface area contributed by atoms with E-state index in [1.165, 1.54) is 12.1 Å². The fraction of sp³-hybridized carbons (Fsp3) is 0.176. The van der Waals surface area contributed by atoms with Crippen molar-refractivity contribution < 1.29 is 17.6 Å². The largest absolute Gasteiger partial charge is 0.325 e. The van der Waals surface area contributed by atoms with E-state index in [2.05, 4.69) is 5.32 Å². The molecule has 25 heavy (non-hydrogen) atoms. The molecule has 2 aromatic carbocycles. The lowest BCUT2D eigenvalue weighted by molar-refractivity contribution is -0.114. The van der Waals surface area contributed by atoms with Gasteiger partial charge in [0.25, 0.3) is 0 Å². The first-order valence-electron chi connectivity index (χ1n) is 7.28. The van der Waals surface area contributed by atoms with Gasteiger partial charge in [-0.25, -0.2) is 12.8 Å². The Bertz CT molecular complexity index is 888. The van der Waals surface area contributed by atoms with Crippen molar-refractivity contribution in [1.29, 1.82) is 5.26 Å². The zero-order valence-corrected chi connectivity index (χ0v) is 14.3. The molecule has 0 aromatic heterocycles. The molecule has 0 atom stereocenters. The third kappa shape index (κ3) is 5.29. The van der Waals surface area contributed by atoms with E-state index >= 15 is 0 Å². The summed E-state index contributed by atoms with van der Waals surface area (Å²) < 4.78 is 37.8. The number of halogens is 1. The monoisotopic (exact) mass is 361 g/mol. The number of benzene rings is 2. The molecule has 0 aliphatic heterocycles. The van der Waals surface area contributed by atoms with Crippen LogP contribution in [0.3, 0.4) is 0 Å². The molecule has 0 aliphatic carbocycles. The summed E-state index contributed by atoms with van der Waals surface area (Å²) >= 11 is 0. The molecular weight excluding hydrogens is 345 g/mol. The number of rotatable bonds is 6. The van der Waals surface area contributed by atoms with E-state index in [9.17, 15) is 17.6 Å². The van der Waals surface area contributed by atoms with E-state index in [0.29, 0.717) is 5.69 Å². The van der Waals surface area contributed by atoms with Gasteiger partial charge in [-0.15, -0.1) is 0 Å². The van der Waals surface area contributed by atoms with Gasteiger partial charge in [0, 0.05) is 5.69 Å². The highest BCUT2D eigenvalue weighted by Crippen LogP contribution is 2.18. The van der Waals surface area contributed by atoms with Crippen molar-refractivity contribution >= 4 is 27.3 Å². The summed E-state index contributed by atoms with van der Waals surface area (Å²) in [6.45, 7) is -0.440. The molecule has 2 aromatic rings. The third-order valence-electron chi connectivity index (χ3n) is 3.32. The number of hydrogen-bond donors (Lipinski definition) is 1. The van der Waals surface area contributed by atoms with Crippen molar-refractivity contribution in [1.82, 2.24) is 0 Å². The van der Waals surface area contributed by atoms with Crippen molar-refractivity contribution in [2.45, 2.75) is 6.42 Å². The summed E-state index contributed by atoms with van der Waals surface area (Å²) in [5, 5.41) is 11.2.